The Labute approximate surface area is 92.2 Å². The third-order valence-electron chi connectivity index (χ3n) is 1.62. The largest absolute Gasteiger partial charge is 0.396 e. The van der Waals surface area contributed by atoms with Crippen LogP contribution in [0.4, 0.5) is 0 Å². The van der Waals surface area contributed by atoms with Crippen LogP contribution >= 0.6 is 23.2 Å². The summed E-state index contributed by atoms with van der Waals surface area (Å²) in [5.74, 6) is 0. The second-order valence-electron chi connectivity index (χ2n) is 2.74. The molecule has 1 aromatic rings. The SMILES string of the molecule is OCCCNCc1cc(Cl)nnc1Cl. The Morgan fingerprint density at radius 1 is 1.36 bits per heavy atom. The van der Waals surface area contributed by atoms with E-state index in [2.05, 4.69) is 15.5 Å². The summed E-state index contributed by atoms with van der Waals surface area (Å²) in [7, 11) is 0. The first kappa shape index (κ1) is 11.7. The van der Waals surface area contributed by atoms with Crippen molar-refractivity contribution < 1.29 is 5.11 Å². The molecule has 0 amide bonds. The predicted molar refractivity (Wildman–Crippen MR) is 55.5 cm³/mol. The summed E-state index contributed by atoms with van der Waals surface area (Å²) in [5.41, 5.74) is 0.810. The number of aliphatic hydroxyl groups excluding tert-OH is 1. The molecule has 6 heteroatoms. The number of hydrogen-bond donors (Lipinski definition) is 2. The van der Waals surface area contributed by atoms with Crippen LogP contribution in [0.1, 0.15) is 12.0 Å². The molecular formula is C8H11Cl2N3O. The van der Waals surface area contributed by atoms with E-state index in [9.17, 15) is 0 Å². The first-order valence-corrected chi connectivity index (χ1v) is 4.99. The minimum atomic E-state index is 0.177. The number of aromatic nitrogens is 2. The third kappa shape index (κ3) is 3.75. The average Bonchev–Trinajstić information content (AvgIpc) is 2.18. The smallest absolute Gasteiger partial charge is 0.156 e. The maximum atomic E-state index is 8.55. The minimum absolute atomic E-state index is 0.177. The Kier molecular flexibility index (Phi) is 5.11. The van der Waals surface area contributed by atoms with Crippen molar-refractivity contribution in [1.29, 1.82) is 0 Å². The number of hydrogen-bond acceptors (Lipinski definition) is 4. The summed E-state index contributed by atoms with van der Waals surface area (Å²) in [6, 6.07) is 1.67. The van der Waals surface area contributed by atoms with Gasteiger partial charge in [0.15, 0.2) is 10.3 Å². The summed E-state index contributed by atoms with van der Waals surface area (Å²) in [6.45, 7) is 1.48. The lowest BCUT2D eigenvalue weighted by molar-refractivity contribution is 0.286. The van der Waals surface area contributed by atoms with Crippen LogP contribution in [0.25, 0.3) is 0 Å². The van der Waals surface area contributed by atoms with Gasteiger partial charge in [0.1, 0.15) is 0 Å². The van der Waals surface area contributed by atoms with Crippen molar-refractivity contribution >= 4 is 23.2 Å². The van der Waals surface area contributed by atoms with Crippen LogP contribution in [0.3, 0.4) is 0 Å². The molecule has 0 bridgehead atoms. The molecule has 1 rings (SSSR count). The lowest BCUT2D eigenvalue weighted by Gasteiger charge is -2.04. The van der Waals surface area contributed by atoms with Gasteiger partial charge >= 0.3 is 0 Å². The van der Waals surface area contributed by atoms with Gasteiger partial charge in [0.2, 0.25) is 0 Å². The van der Waals surface area contributed by atoms with E-state index in [4.69, 9.17) is 28.3 Å². The Bertz CT molecular complexity index is 296. The number of rotatable bonds is 5. The number of halogens is 2. The molecule has 0 aromatic carbocycles. The molecule has 1 heterocycles. The highest BCUT2D eigenvalue weighted by atomic mass is 35.5. The monoisotopic (exact) mass is 235 g/mol. The summed E-state index contributed by atoms with van der Waals surface area (Å²) < 4.78 is 0. The number of aliphatic hydroxyl groups is 1. The van der Waals surface area contributed by atoms with Gasteiger partial charge < -0.3 is 10.4 Å². The summed E-state index contributed by atoms with van der Waals surface area (Å²) in [6.07, 6.45) is 0.712. The standard InChI is InChI=1S/C8H11Cl2N3O/c9-7-4-6(8(10)13-12-7)5-11-2-1-3-14/h4,11,14H,1-3,5H2. The molecule has 0 radical (unpaired) electrons. The number of nitrogens with zero attached hydrogens (tertiary/aromatic N) is 2. The van der Waals surface area contributed by atoms with E-state index in [1.54, 1.807) is 6.07 Å². The van der Waals surface area contributed by atoms with Gasteiger partial charge in [-0.15, -0.1) is 10.2 Å². The zero-order valence-electron chi connectivity index (χ0n) is 7.50. The Hall–Kier alpha value is -0.420. The molecule has 0 saturated heterocycles. The topological polar surface area (TPSA) is 58.0 Å². The Morgan fingerprint density at radius 3 is 2.86 bits per heavy atom. The van der Waals surface area contributed by atoms with Crippen LogP contribution in [-0.2, 0) is 6.54 Å². The highest BCUT2D eigenvalue weighted by Gasteiger charge is 2.02. The van der Waals surface area contributed by atoms with Gasteiger partial charge in [-0.1, -0.05) is 23.2 Å². The minimum Gasteiger partial charge on any atom is -0.396 e. The van der Waals surface area contributed by atoms with E-state index >= 15 is 0 Å². The lowest BCUT2D eigenvalue weighted by atomic mass is 10.3. The first-order valence-electron chi connectivity index (χ1n) is 4.23. The lowest BCUT2D eigenvalue weighted by Crippen LogP contribution is -2.16. The molecule has 14 heavy (non-hydrogen) atoms. The van der Waals surface area contributed by atoms with Gasteiger partial charge in [0.25, 0.3) is 0 Å². The highest BCUT2D eigenvalue weighted by Crippen LogP contribution is 2.14. The van der Waals surface area contributed by atoms with Gasteiger partial charge in [-0.25, -0.2) is 0 Å². The molecule has 0 saturated carbocycles. The molecule has 0 spiro atoms. The Balaban J connectivity index is 2.45. The summed E-state index contributed by atoms with van der Waals surface area (Å²) in [5, 5.41) is 19.6. The van der Waals surface area contributed by atoms with Gasteiger partial charge in [-0.3, -0.25) is 0 Å². The van der Waals surface area contributed by atoms with E-state index in [1.807, 2.05) is 0 Å². The Morgan fingerprint density at radius 2 is 2.14 bits per heavy atom. The third-order valence-corrected chi connectivity index (χ3v) is 2.12. The van der Waals surface area contributed by atoms with Gasteiger partial charge in [-0.2, -0.15) is 0 Å². The van der Waals surface area contributed by atoms with Crippen LogP contribution in [-0.4, -0.2) is 28.5 Å². The quantitative estimate of drug-likeness (QED) is 0.755. The molecule has 0 atom stereocenters. The highest BCUT2D eigenvalue weighted by molar-refractivity contribution is 6.31. The van der Waals surface area contributed by atoms with Crippen molar-refractivity contribution in [3.8, 4) is 0 Å². The molecule has 2 N–H and O–H groups in total. The fraction of sp³-hybridized carbons (Fsp3) is 0.500. The fourth-order valence-electron chi connectivity index (χ4n) is 0.939. The van der Waals surface area contributed by atoms with Crippen molar-refractivity contribution in [2.45, 2.75) is 13.0 Å². The van der Waals surface area contributed by atoms with E-state index in [1.165, 1.54) is 0 Å². The van der Waals surface area contributed by atoms with E-state index < -0.39 is 0 Å². The van der Waals surface area contributed by atoms with E-state index in [0.29, 0.717) is 23.3 Å². The molecule has 1 aromatic heterocycles. The number of nitrogens with one attached hydrogen (secondary N) is 1. The average molecular weight is 236 g/mol. The molecule has 0 unspecified atom stereocenters. The fourth-order valence-corrected chi connectivity index (χ4v) is 1.27. The molecule has 78 valence electrons. The van der Waals surface area contributed by atoms with Crippen molar-refractivity contribution in [3.63, 3.8) is 0 Å². The molecule has 0 aliphatic heterocycles. The van der Waals surface area contributed by atoms with Gasteiger partial charge in [0.05, 0.1) is 0 Å². The van der Waals surface area contributed by atoms with Crippen LogP contribution in [0.15, 0.2) is 6.07 Å². The van der Waals surface area contributed by atoms with E-state index in [-0.39, 0.29) is 6.61 Å². The van der Waals surface area contributed by atoms with Crippen LogP contribution in [0.2, 0.25) is 10.3 Å². The molecule has 0 fully saturated rings. The predicted octanol–water partition coefficient (Wildman–Crippen LogP) is 1.26. The van der Waals surface area contributed by atoms with E-state index in [0.717, 1.165) is 12.1 Å². The zero-order chi connectivity index (χ0) is 10.4. The van der Waals surface area contributed by atoms with Crippen molar-refractivity contribution in [2.24, 2.45) is 0 Å². The molecule has 0 aliphatic carbocycles. The van der Waals surface area contributed by atoms with Crippen LogP contribution < -0.4 is 5.32 Å². The maximum Gasteiger partial charge on any atom is 0.156 e. The first-order chi connectivity index (χ1) is 6.74. The maximum absolute atomic E-state index is 8.55. The molecular weight excluding hydrogens is 225 g/mol. The second kappa shape index (κ2) is 6.14. The van der Waals surface area contributed by atoms with Crippen LogP contribution in [0.5, 0.6) is 0 Å². The van der Waals surface area contributed by atoms with Gasteiger partial charge in [-0.05, 0) is 19.0 Å². The van der Waals surface area contributed by atoms with Crippen molar-refractivity contribution in [3.05, 3.63) is 21.9 Å². The van der Waals surface area contributed by atoms with Gasteiger partial charge in [0, 0.05) is 18.7 Å². The summed E-state index contributed by atoms with van der Waals surface area (Å²) >= 11 is 11.4. The van der Waals surface area contributed by atoms with Crippen LogP contribution in [0, 0.1) is 0 Å². The van der Waals surface area contributed by atoms with Crippen molar-refractivity contribution in [1.82, 2.24) is 15.5 Å². The molecule has 4 nitrogen and oxygen atoms in total. The summed E-state index contributed by atoms with van der Waals surface area (Å²) in [4.78, 5) is 0. The molecule has 0 aliphatic rings. The van der Waals surface area contributed by atoms with Crippen molar-refractivity contribution in [2.75, 3.05) is 13.2 Å². The zero-order valence-corrected chi connectivity index (χ0v) is 9.02. The normalized spacial score (nSPS) is 10.5. The second-order valence-corrected chi connectivity index (χ2v) is 3.48.